The van der Waals surface area contributed by atoms with Crippen LogP contribution in [0.3, 0.4) is 0 Å². The van der Waals surface area contributed by atoms with E-state index in [1.807, 2.05) is 6.92 Å². The van der Waals surface area contributed by atoms with Crippen molar-refractivity contribution in [3.63, 3.8) is 0 Å². The number of esters is 2. The van der Waals surface area contributed by atoms with Gasteiger partial charge in [0.15, 0.2) is 5.41 Å². The average molecular weight is 260 g/mol. The number of hydrogen-bond acceptors (Lipinski definition) is 5. The van der Waals surface area contributed by atoms with Crippen LogP contribution < -0.4 is 0 Å². The molecule has 0 saturated heterocycles. The van der Waals surface area contributed by atoms with Gasteiger partial charge in [-0.1, -0.05) is 6.92 Å². The molecule has 0 aliphatic rings. The first-order chi connectivity index (χ1) is 8.48. The number of rotatable bonds is 8. The van der Waals surface area contributed by atoms with Gasteiger partial charge in [-0.05, 0) is 27.2 Å². The van der Waals surface area contributed by atoms with E-state index in [1.54, 1.807) is 27.9 Å². The summed E-state index contributed by atoms with van der Waals surface area (Å²) in [5.74, 6) is -1.07. The second-order valence-corrected chi connectivity index (χ2v) is 4.13. The molecule has 0 aromatic carbocycles. The summed E-state index contributed by atoms with van der Waals surface area (Å²) < 4.78 is 15.2. The first-order valence-electron chi connectivity index (χ1n) is 6.35. The van der Waals surface area contributed by atoms with Gasteiger partial charge in [-0.3, -0.25) is 9.59 Å². The summed E-state index contributed by atoms with van der Waals surface area (Å²) in [5.41, 5.74) is -1.26. The molecule has 0 rings (SSSR count). The molecule has 0 radical (unpaired) electrons. The van der Waals surface area contributed by atoms with E-state index in [4.69, 9.17) is 14.2 Å². The zero-order valence-corrected chi connectivity index (χ0v) is 11.9. The molecule has 1 atom stereocenters. The van der Waals surface area contributed by atoms with Crippen LogP contribution in [0.2, 0.25) is 0 Å². The molecule has 106 valence electrons. The minimum absolute atomic E-state index is 0.223. The molecule has 0 fully saturated rings. The maximum Gasteiger partial charge on any atom is 0.323 e. The van der Waals surface area contributed by atoms with Gasteiger partial charge >= 0.3 is 11.9 Å². The van der Waals surface area contributed by atoms with Crippen molar-refractivity contribution in [1.29, 1.82) is 0 Å². The van der Waals surface area contributed by atoms with E-state index in [-0.39, 0.29) is 25.7 Å². The highest BCUT2D eigenvalue weighted by atomic mass is 16.6. The van der Waals surface area contributed by atoms with E-state index >= 15 is 0 Å². The maximum atomic E-state index is 12.1. The van der Waals surface area contributed by atoms with Crippen LogP contribution in [0.25, 0.3) is 0 Å². The van der Waals surface area contributed by atoms with E-state index in [9.17, 15) is 9.59 Å². The van der Waals surface area contributed by atoms with E-state index in [2.05, 4.69) is 0 Å². The van der Waals surface area contributed by atoms with Gasteiger partial charge in [0.25, 0.3) is 0 Å². The van der Waals surface area contributed by atoms with E-state index < -0.39 is 17.4 Å². The van der Waals surface area contributed by atoms with Gasteiger partial charge in [0.2, 0.25) is 0 Å². The van der Waals surface area contributed by atoms with Crippen LogP contribution in [-0.4, -0.2) is 38.4 Å². The van der Waals surface area contributed by atoms with E-state index in [1.165, 1.54) is 0 Å². The van der Waals surface area contributed by atoms with Crippen LogP contribution in [0.4, 0.5) is 0 Å². The normalized spacial score (nSPS) is 12.9. The lowest BCUT2D eigenvalue weighted by Crippen LogP contribution is -2.44. The molecular weight excluding hydrogens is 236 g/mol. The monoisotopic (exact) mass is 260 g/mol. The van der Waals surface area contributed by atoms with Crippen molar-refractivity contribution in [3.8, 4) is 0 Å². The third-order valence-corrected chi connectivity index (χ3v) is 2.97. The molecule has 0 aromatic rings. The number of methoxy groups -OCH3 is 1. The third kappa shape index (κ3) is 3.98. The standard InChI is InChI=1S/C13H24O5/c1-6-13(9-10(4)16-5,11(14)17-7-2)12(15)18-8-3/h10H,6-9H2,1-5H3. The molecule has 5 heteroatoms. The summed E-state index contributed by atoms with van der Waals surface area (Å²) in [6.07, 6.45) is 0.370. The quantitative estimate of drug-likeness (QED) is 0.493. The fourth-order valence-electron chi connectivity index (χ4n) is 1.80. The predicted molar refractivity (Wildman–Crippen MR) is 67.1 cm³/mol. The summed E-state index contributed by atoms with van der Waals surface area (Å²) >= 11 is 0. The zero-order chi connectivity index (χ0) is 14.2. The molecule has 18 heavy (non-hydrogen) atoms. The predicted octanol–water partition coefficient (Wildman–Crippen LogP) is 1.93. The smallest absolute Gasteiger partial charge is 0.323 e. The van der Waals surface area contributed by atoms with Crippen molar-refractivity contribution in [2.75, 3.05) is 20.3 Å². The minimum Gasteiger partial charge on any atom is -0.465 e. The Morgan fingerprint density at radius 3 is 1.78 bits per heavy atom. The summed E-state index contributed by atoms with van der Waals surface area (Å²) in [6, 6.07) is 0. The molecule has 0 spiro atoms. The molecule has 0 heterocycles. The van der Waals surface area contributed by atoms with Crippen molar-refractivity contribution in [2.24, 2.45) is 5.41 Å². The zero-order valence-electron chi connectivity index (χ0n) is 11.9. The Morgan fingerprint density at radius 1 is 1.06 bits per heavy atom. The summed E-state index contributed by atoms with van der Waals surface area (Å²) in [7, 11) is 1.54. The number of hydrogen-bond donors (Lipinski definition) is 0. The van der Waals surface area contributed by atoms with Gasteiger partial charge in [0.1, 0.15) is 0 Å². The number of carbonyl (C=O) groups excluding carboxylic acids is 2. The molecule has 0 bridgehead atoms. The lowest BCUT2D eigenvalue weighted by atomic mass is 9.80. The van der Waals surface area contributed by atoms with Gasteiger partial charge in [0, 0.05) is 13.5 Å². The second kappa shape index (κ2) is 8.08. The van der Waals surface area contributed by atoms with Gasteiger partial charge in [0.05, 0.1) is 19.3 Å². The van der Waals surface area contributed by atoms with Crippen molar-refractivity contribution in [2.45, 2.75) is 46.6 Å². The molecule has 1 unspecified atom stereocenters. The maximum absolute atomic E-state index is 12.1. The molecule has 0 aliphatic heterocycles. The van der Waals surface area contributed by atoms with Gasteiger partial charge in [-0.25, -0.2) is 0 Å². The van der Waals surface area contributed by atoms with Crippen molar-refractivity contribution >= 4 is 11.9 Å². The Balaban J connectivity index is 5.18. The number of carbonyl (C=O) groups is 2. The van der Waals surface area contributed by atoms with Crippen molar-refractivity contribution < 1.29 is 23.8 Å². The van der Waals surface area contributed by atoms with E-state index in [0.717, 1.165) is 0 Å². The highest BCUT2D eigenvalue weighted by molar-refractivity contribution is 6.00. The minimum atomic E-state index is -1.26. The van der Waals surface area contributed by atoms with Gasteiger partial charge in [-0.15, -0.1) is 0 Å². The molecule has 0 aliphatic carbocycles. The summed E-state index contributed by atoms with van der Waals surface area (Å²) in [5, 5.41) is 0. The number of ether oxygens (including phenoxy) is 3. The lowest BCUT2D eigenvalue weighted by molar-refractivity contribution is -0.175. The van der Waals surface area contributed by atoms with Crippen LogP contribution in [0.1, 0.15) is 40.5 Å². The lowest BCUT2D eigenvalue weighted by Gasteiger charge is -2.29. The van der Waals surface area contributed by atoms with Crippen molar-refractivity contribution in [3.05, 3.63) is 0 Å². The third-order valence-electron chi connectivity index (χ3n) is 2.97. The first kappa shape index (κ1) is 16.9. The van der Waals surface area contributed by atoms with Crippen LogP contribution >= 0.6 is 0 Å². The molecule has 0 saturated carbocycles. The SMILES string of the molecule is CCOC(=O)C(CC)(CC(C)OC)C(=O)OCC. The Labute approximate surface area is 109 Å². The molecule has 0 aromatic heterocycles. The average Bonchev–Trinajstić information content (AvgIpc) is 2.36. The van der Waals surface area contributed by atoms with Crippen LogP contribution in [0.15, 0.2) is 0 Å². The fraction of sp³-hybridized carbons (Fsp3) is 0.846. The topological polar surface area (TPSA) is 61.8 Å². The van der Waals surface area contributed by atoms with Crippen molar-refractivity contribution in [1.82, 2.24) is 0 Å². The van der Waals surface area contributed by atoms with Crippen LogP contribution in [0, 0.1) is 5.41 Å². The second-order valence-electron chi connectivity index (χ2n) is 4.13. The Kier molecular flexibility index (Phi) is 7.59. The largest absolute Gasteiger partial charge is 0.465 e. The highest BCUT2D eigenvalue weighted by Gasteiger charge is 2.48. The Hall–Kier alpha value is -1.10. The van der Waals surface area contributed by atoms with Gasteiger partial charge in [-0.2, -0.15) is 0 Å². The van der Waals surface area contributed by atoms with E-state index in [0.29, 0.717) is 6.42 Å². The molecule has 5 nitrogen and oxygen atoms in total. The fourth-order valence-corrected chi connectivity index (χ4v) is 1.80. The molecular formula is C13H24O5. The Bertz CT molecular complexity index is 257. The summed E-state index contributed by atoms with van der Waals surface area (Å²) in [4.78, 5) is 24.2. The molecule has 0 N–H and O–H groups in total. The first-order valence-corrected chi connectivity index (χ1v) is 6.35. The van der Waals surface area contributed by atoms with Crippen LogP contribution in [0.5, 0.6) is 0 Å². The van der Waals surface area contributed by atoms with Crippen LogP contribution in [-0.2, 0) is 23.8 Å². The summed E-state index contributed by atoms with van der Waals surface area (Å²) in [6.45, 7) is 7.48. The molecule has 0 amide bonds. The highest BCUT2D eigenvalue weighted by Crippen LogP contribution is 2.32. The van der Waals surface area contributed by atoms with Gasteiger partial charge < -0.3 is 14.2 Å². The Morgan fingerprint density at radius 2 is 1.50 bits per heavy atom.